The van der Waals surface area contributed by atoms with Crippen molar-refractivity contribution in [1.29, 1.82) is 0 Å². The largest absolute Gasteiger partial charge is 0.462 e. The third-order valence-corrected chi connectivity index (χ3v) is 15.1. The van der Waals surface area contributed by atoms with Gasteiger partial charge in [-0.2, -0.15) is 0 Å². The molecule has 0 aromatic carbocycles. The zero-order valence-corrected chi connectivity index (χ0v) is 48.2. The lowest BCUT2D eigenvalue weighted by Gasteiger charge is -2.18. The molecule has 6 nitrogen and oxygen atoms in total. The second-order valence-electron chi connectivity index (χ2n) is 22.8. The van der Waals surface area contributed by atoms with Crippen LogP contribution in [0.15, 0.2) is 0 Å². The summed E-state index contributed by atoms with van der Waals surface area (Å²) in [7, 11) is 0. The molecule has 0 saturated carbocycles. The molecule has 0 amide bonds. The second-order valence-corrected chi connectivity index (χ2v) is 22.8. The van der Waals surface area contributed by atoms with Gasteiger partial charge in [0.2, 0.25) is 0 Å². The third kappa shape index (κ3) is 55.7. The minimum atomic E-state index is -0.764. The molecule has 0 saturated heterocycles. The number of unbranched alkanes of at least 4 members (excludes halogenated alkanes) is 42. The Labute approximate surface area is 438 Å². The van der Waals surface area contributed by atoms with Gasteiger partial charge in [0.15, 0.2) is 6.10 Å². The van der Waals surface area contributed by atoms with Crippen molar-refractivity contribution in [3.05, 3.63) is 0 Å². The number of ether oxygens (including phenoxy) is 3. The van der Waals surface area contributed by atoms with E-state index in [1.807, 2.05) is 0 Å². The van der Waals surface area contributed by atoms with Crippen LogP contribution in [0, 0.1) is 11.8 Å². The van der Waals surface area contributed by atoms with Crippen molar-refractivity contribution in [2.45, 2.75) is 368 Å². The molecule has 0 N–H and O–H groups in total. The lowest BCUT2D eigenvalue weighted by molar-refractivity contribution is -0.167. The van der Waals surface area contributed by atoms with Gasteiger partial charge >= 0.3 is 17.9 Å². The molecule has 0 spiro atoms. The Morgan fingerprint density at radius 3 is 0.814 bits per heavy atom. The van der Waals surface area contributed by atoms with E-state index in [4.69, 9.17) is 14.2 Å². The predicted molar refractivity (Wildman–Crippen MR) is 303 cm³/mol. The summed E-state index contributed by atoms with van der Waals surface area (Å²) in [6.07, 6.45) is 62.4. The number of carbonyl (C=O) groups is 3. The van der Waals surface area contributed by atoms with E-state index >= 15 is 0 Å². The molecule has 0 fully saturated rings. The van der Waals surface area contributed by atoms with Crippen LogP contribution in [-0.4, -0.2) is 37.2 Å². The van der Waals surface area contributed by atoms with Crippen LogP contribution in [0.3, 0.4) is 0 Å². The quantitative estimate of drug-likeness (QED) is 0.0343. The molecule has 0 aromatic rings. The van der Waals surface area contributed by atoms with Crippen LogP contribution in [-0.2, 0) is 28.6 Å². The Kier molecular flexibility index (Phi) is 55.4. The van der Waals surface area contributed by atoms with Gasteiger partial charge in [-0.25, -0.2) is 0 Å². The fourth-order valence-corrected chi connectivity index (χ4v) is 9.90. The first kappa shape index (κ1) is 68.4. The van der Waals surface area contributed by atoms with Crippen LogP contribution in [0.4, 0.5) is 0 Å². The van der Waals surface area contributed by atoms with E-state index < -0.39 is 6.10 Å². The fraction of sp³-hybridized carbons (Fsp3) is 0.953. The maximum atomic E-state index is 12.9. The summed E-state index contributed by atoms with van der Waals surface area (Å²) in [5.41, 5.74) is 0. The highest BCUT2D eigenvalue weighted by Gasteiger charge is 2.19. The van der Waals surface area contributed by atoms with Gasteiger partial charge in [0.25, 0.3) is 0 Å². The second kappa shape index (κ2) is 56.7. The van der Waals surface area contributed by atoms with Crippen molar-refractivity contribution in [2.75, 3.05) is 13.2 Å². The fourth-order valence-electron chi connectivity index (χ4n) is 9.90. The van der Waals surface area contributed by atoms with Crippen LogP contribution in [0.5, 0.6) is 0 Å². The van der Waals surface area contributed by atoms with Crippen molar-refractivity contribution in [1.82, 2.24) is 0 Å². The molecule has 0 aliphatic rings. The van der Waals surface area contributed by atoms with Crippen LogP contribution in [0.1, 0.15) is 362 Å². The molecule has 1 unspecified atom stereocenters. The summed E-state index contributed by atoms with van der Waals surface area (Å²) in [4.78, 5) is 38.3. The van der Waals surface area contributed by atoms with Gasteiger partial charge in [0.05, 0.1) is 0 Å². The first-order valence-electron chi connectivity index (χ1n) is 31.8. The van der Waals surface area contributed by atoms with Crippen molar-refractivity contribution < 1.29 is 28.6 Å². The summed E-state index contributed by atoms with van der Waals surface area (Å²) in [5, 5.41) is 0. The van der Waals surface area contributed by atoms with E-state index in [1.54, 1.807) is 0 Å². The lowest BCUT2D eigenvalue weighted by Crippen LogP contribution is -2.30. The molecule has 70 heavy (non-hydrogen) atoms. The van der Waals surface area contributed by atoms with Gasteiger partial charge in [0, 0.05) is 19.3 Å². The average molecular weight is 990 g/mol. The Morgan fingerprint density at radius 1 is 0.300 bits per heavy atom. The van der Waals surface area contributed by atoms with E-state index in [0.29, 0.717) is 19.3 Å². The smallest absolute Gasteiger partial charge is 0.306 e. The molecule has 0 aromatic heterocycles. The summed E-state index contributed by atoms with van der Waals surface area (Å²) >= 11 is 0. The molecule has 0 aliphatic carbocycles. The predicted octanol–water partition coefficient (Wildman–Crippen LogP) is 21.2. The summed E-state index contributed by atoms with van der Waals surface area (Å²) in [5.74, 6) is 0.888. The molecule has 0 rings (SSSR count). The zero-order valence-electron chi connectivity index (χ0n) is 48.2. The SMILES string of the molecule is CCCCCCCCCCCCCCCCCCCCCC(=O)OC[C@H](COC(=O)CCCCCCCCCCCCC(C)CC)OC(=O)CCCCCCCCCCCCCCCCCCC(C)C. The first-order valence-corrected chi connectivity index (χ1v) is 31.8. The molecule has 0 bridgehead atoms. The van der Waals surface area contributed by atoms with Gasteiger partial charge < -0.3 is 14.2 Å². The minimum absolute atomic E-state index is 0.0621. The third-order valence-electron chi connectivity index (χ3n) is 15.1. The monoisotopic (exact) mass is 989 g/mol. The van der Waals surface area contributed by atoms with E-state index in [0.717, 1.165) is 69.6 Å². The minimum Gasteiger partial charge on any atom is -0.462 e. The van der Waals surface area contributed by atoms with E-state index in [-0.39, 0.29) is 31.1 Å². The van der Waals surface area contributed by atoms with Gasteiger partial charge in [0.1, 0.15) is 13.2 Å². The number of hydrogen-bond donors (Lipinski definition) is 0. The molecular weight excluding hydrogens is 865 g/mol. The van der Waals surface area contributed by atoms with Crippen molar-refractivity contribution in [3.63, 3.8) is 0 Å². The molecule has 0 radical (unpaired) electrons. The normalized spacial score (nSPS) is 12.4. The summed E-state index contributed by atoms with van der Waals surface area (Å²) < 4.78 is 17.0. The standard InChI is InChI=1S/C64H124O6/c1-6-8-9-10-11-12-13-14-15-16-17-18-22-25-28-34-39-44-49-54-62(65)68-57-61(58-69-63(66)55-50-45-40-35-31-30-33-38-43-48-53-60(5)7-2)70-64(67)56-51-46-41-36-29-26-23-20-19-21-24-27-32-37-42-47-52-59(3)4/h59-61H,6-58H2,1-5H3/t60?,61-/m1/s1. The highest BCUT2D eigenvalue weighted by atomic mass is 16.6. The highest BCUT2D eigenvalue weighted by molar-refractivity contribution is 5.71. The van der Waals surface area contributed by atoms with Gasteiger partial charge in [-0.05, 0) is 31.1 Å². The first-order chi connectivity index (χ1) is 34.3. The van der Waals surface area contributed by atoms with Crippen molar-refractivity contribution in [2.24, 2.45) is 11.8 Å². The number of esters is 3. The molecule has 2 atom stereocenters. The number of rotatable bonds is 58. The maximum Gasteiger partial charge on any atom is 0.306 e. The van der Waals surface area contributed by atoms with Gasteiger partial charge in [-0.3, -0.25) is 14.4 Å². The van der Waals surface area contributed by atoms with Crippen LogP contribution < -0.4 is 0 Å². The molecular formula is C64H124O6. The Morgan fingerprint density at radius 2 is 0.543 bits per heavy atom. The topological polar surface area (TPSA) is 78.9 Å². The summed E-state index contributed by atoms with van der Waals surface area (Å²) in [6.45, 7) is 11.5. The zero-order chi connectivity index (χ0) is 51.1. The lowest BCUT2D eigenvalue weighted by atomic mass is 9.99. The Balaban J connectivity index is 4.28. The number of hydrogen-bond acceptors (Lipinski definition) is 6. The Hall–Kier alpha value is -1.59. The van der Waals surface area contributed by atoms with E-state index in [2.05, 4.69) is 34.6 Å². The van der Waals surface area contributed by atoms with Crippen molar-refractivity contribution in [3.8, 4) is 0 Å². The van der Waals surface area contributed by atoms with E-state index in [1.165, 1.54) is 250 Å². The molecule has 416 valence electrons. The van der Waals surface area contributed by atoms with Crippen LogP contribution in [0.2, 0.25) is 0 Å². The maximum absolute atomic E-state index is 12.9. The molecule has 0 aliphatic heterocycles. The average Bonchev–Trinajstić information content (AvgIpc) is 3.35. The van der Waals surface area contributed by atoms with E-state index in [9.17, 15) is 14.4 Å². The highest BCUT2D eigenvalue weighted by Crippen LogP contribution is 2.19. The Bertz CT molecular complexity index is 1070. The van der Waals surface area contributed by atoms with Crippen LogP contribution >= 0.6 is 0 Å². The summed E-state index contributed by atoms with van der Waals surface area (Å²) in [6, 6.07) is 0. The van der Waals surface area contributed by atoms with Gasteiger partial charge in [-0.1, -0.05) is 324 Å². The number of carbonyl (C=O) groups excluding carboxylic acids is 3. The van der Waals surface area contributed by atoms with Crippen molar-refractivity contribution >= 4 is 17.9 Å². The molecule has 0 heterocycles. The van der Waals surface area contributed by atoms with Crippen LogP contribution in [0.25, 0.3) is 0 Å². The molecule has 6 heteroatoms. The van der Waals surface area contributed by atoms with Gasteiger partial charge in [-0.15, -0.1) is 0 Å².